The van der Waals surface area contributed by atoms with Gasteiger partial charge in [-0.25, -0.2) is 4.99 Å². The minimum absolute atomic E-state index is 0.253. The Labute approximate surface area is 155 Å². The minimum atomic E-state index is 0.253. The highest BCUT2D eigenvalue weighted by atomic mass is 14.8. The fourth-order valence-electron chi connectivity index (χ4n) is 2.20. The van der Waals surface area contributed by atoms with Crippen molar-refractivity contribution in [3.8, 4) is 0 Å². The van der Waals surface area contributed by atoms with Gasteiger partial charge >= 0.3 is 0 Å². The molecule has 1 heterocycles. The van der Waals surface area contributed by atoms with Crippen LogP contribution in [0.5, 0.6) is 0 Å². The van der Waals surface area contributed by atoms with Gasteiger partial charge in [-0.3, -0.25) is 4.99 Å². The van der Waals surface area contributed by atoms with E-state index in [0.29, 0.717) is 17.1 Å². The summed E-state index contributed by atoms with van der Waals surface area (Å²) in [7, 11) is 0. The van der Waals surface area contributed by atoms with Crippen LogP contribution >= 0.6 is 0 Å². The van der Waals surface area contributed by atoms with Crippen LogP contribution in [0.15, 0.2) is 101 Å². The Kier molecular flexibility index (Phi) is 6.81. The van der Waals surface area contributed by atoms with Crippen molar-refractivity contribution in [2.45, 2.75) is 6.92 Å². The molecule has 1 atom stereocenters. The van der Waals surface area contributed by atoms with Gasteiger partial charge in [-0.1, -0.05) is 81.8 Å². The molecule has 0 bridgehead atoms. The van der Waals surface area contributed by atoms with Crippen molar-refractivity contribution in [3.63, 3.8) is 0 Å². The molecule has 0 radical (unpaired) electrons. The topological polar surface area (TPSA) is 24.7 Å². The van der Waals surface area contributed by atoms with Crippen LogP contribution in [0.1, 0.15) is 12.5 Å². The van der Waals surface area contributed by atoms with Gasteiger partial charge in [0.2, 0.25) is 0 Å². The first-order chi connectivity index (χ1) is 12.4. The molecule has 1 aromatic rings. The van der Waals surface area contributed by atoms with Gasteiger partial charge in [0, 0.05) is 5.56 Å². The molecule has 26 heavy (non-hydrogen) atoms. The molecule has 0 aromatic heterocycles. The third-order valence-corrected chi connectivity index (χ3v) is 3.65. The number of allylic oxidation sites excluding steroid dienone is 4. The van der Waals surface area contributed by atoms with Crippen LogP contribution in [0.4, 0.5) is 0 Å². The summed E-state index contributed by atoms with van der Waals surface area (Å²) in [5.41, 5.74) is 2.89. The summed E-state index contributed by atoms with van der Waals surface area (Å²) in [5, 5.41) is 1.75. The van der Waals surface area contributed by atoms with Crippen LogP contribution in [0.2, 0.25) is 0 Å². The molecule has 0 N–H and O–H groups in total. The fourth-order valence-corrected chi connectivity index (χ4v) is 2.20. The third kappa shape index (κ3) is 6.33. The Bertz CT molecular complexity index is 973. The first-order valence-electron chi connectivity index (χ1n) is 8.44. The molecule has 0 aliphatic carbocycles. The van der Waals surface area contributed by atoms with Crippen molar-refractivity contribution in [1.82, 2.24) is 0 Å². The van der Waals surface area contributed by atoms with Gasteiger partial charge < -0.3 is 0 Å². The van der Waals surface area contributed by atoms with Crippen molar-refractivity contribution < 1.29 is 0 Å². The van der Waals surface area contributed by atoms with E-state index in [2.05, 4.69) is 43.2 Å². The Morgan fingerprint density at radius 3 is 2.19 bits per heavy atom. The maximum Gasteiger partial charge on any atom is 0.0892 e. The first-order valence-corrected chi connectivity index (χ1v) is 8.44. The maximum atomic E-state index is 4.64. The molecule has 2 nitrogen and oxygen atoms in total. The molecule has 0 saturated heterocycles. The average molecular weight is 340 g/mol. The van der Waals surface area contributed by atoms with Gasteiger partial charge in [-0.05, 0) is 34.6 Å². The van der Waals surface area contributed by atoms with E-state index in [1.54, 1.807) is 6.21 Å². The van der Waals surface area contributed by atoms with Crippen LogP contribution in [0, 0.1) is 5.92 Å². The zero-order valence-electron chi connectivity index (χ0n) is 15.2. The van der Waals surface area contributed by atoms with E-state index >= 15 is 0 Å². The predicted molar refractivity (Wildman–Crippen MR) is 115 cm³/mol. The van der Waals surface area contributed by atoms with Gasteiger partial charge in [-0.2, -0.15) is 0 Å². The molecule has 0 spiro atoms. The summed E-state index contributed by atoms with van der Waals surface area (Å²) < 4.78 is 0. The molecule has 1 unspecified atom stereocenters. The van der Waals surface area contributed by atoms with Crippen molar-refractivity contribution in [1.29, 1.82) is 0 Å². The summed E-state index contributed by atoms with van der Waals surface area (Å²) in [4.78, 5) is 9.07. The number of aliphatic imine (C=N–C) groups is 2. The fraction of sp³-hybridized carbons (Fsp3) is 0.0833. The van der Waals surface area contributed by atoms with Crippen molar-refractivity contribution in [3.05, 3.63) is 107 Å². The van der Waals surface area contributed by atoms with Crippen molar-refractivity contribution >= 4 is 25.1 Å². The molecular weight excluding hydrogens is 316 g/mol. The molecule has 0 saturated carbocycles. The molecule has 0 fully saturated rings. The molecular formula is C24H24N2. The van der Waals surface area contributed by atoms with Gasteiger partial charge in [-0.15, -0.1) is 0 Å². The molecule has 1 aliphatic heterocycles. The van der Waals surface area contributed by atoms with Crippen LogP contribution in [0.3, 0.4) is 0 Å². The summed E-state index contributed by atoms with van der Waals surface area (Å²) in [6, 6.07) is 13.6. The summed E-state index contributed by atoms with van der Waals surface area (Å²) in [6.07, 6.45) is 9.62. The number of hydrogen-bond acceptors (Lipinski definition) is 2. The Morgan fingerprint density at radius 2 is 1.46 bits per heavy atom. The van der Waals surface area contributed by atoms with E-state index in [9.17, 15) is 0 Å². The first kappa shape index (κ1) is 19.1. The lowest BCUT2D eigenvalue weighted by Gasteiger charge is -2.01. The van der Waals surface area contributed by atoms with E-state index < -0.39 is 0 Å². The van der Waals surface area contributed by atoms with Crippen LogP contribution in [-0.2, 0) is 0 Å². The van der Waals surface area contributed by atoms with E-state index in [-0.39, 0.29) is 5.92 Å². The summed E-state index contributed by atoms with van der Waals surface area (Å²) in [6.45, 7) is 18.2. The molecule has 0 amide bonds. The minimum Gasteiger partial charge on any atom is -0.255 e. The highest BCUT2D eigenvalue weighted by Crippen LogP contribution is 2.09. The lowest BCUT2D eigenvalue weighted by atomic mass is 10.1. The third-order valence-electron chi connectivity index (χ3n) is 3.65. The van der Waals surface area contributed by atoms with E-state index in [4.69, 9.17) is 0 Å². The van der Waals surface area contributed by atoms with Gasteiger partial charge in [0.1, 0.15) is 0 Å². The lowest BCUT2D eigenvalue weighted by molar-refractivity contribution is 0.936. The normalized spacial score (nSPS) is 19.7. The van der Waals surface area contributed by atoms with Gasteiger partial charge in [0.05, 0.1) is 23.3 Å². The monoisotopic (exact) mass is 340 g/mol. The molecule has 2 heteroatoms. The number of hydrogen-bond donors (Lipinski definition) is 0. The average Bonchev–Trinajstić information content (AvgIpc) is 2.63. The molecule has 1 aliphatic rings. The Morgan fingerprint density at radius 1 is 0.808 bits per heavy atom. The smallest absolute Gasteiger partial charge is 0.0892 e. The molecule has 1 aromatic carbocycles. The van der Waals surface area contributed by atoms with E-state index in [0.717, 1.165) is 16.0 Å². The number of rotatable bonds is 1. The van der Waals surface area contributed by atoms with Crippen molar-refractivity contribution in [2.24, 2.45) is 15.9 Å². The second kappa shape index (κ2) is 9.28. The Balaban J connectivity index is 2.67. The second-order valence-electron chi connectivity index (χ2n) is 6.12. The zero-order chi connectivity index (χ0) is 18.9. The highest BCUT2D eigenvalue weighted by molar-refractivity contribution is 6.38. The van der Waals surface area contributed by atoms with E-state index in [1.165, 1.54) is 0 Å². The SMILES string of the molecule is C=C1/C=C\C(C)/C=C\C(=C)N=C(c2ccc(=C)ccccc(=C)c2)C=N1. The summed E-state index contributed by atoms with van der Waals surface area (Å²) in [5.74, 6) is 0.253. The van der Waals surface area contributed by atoms with E-state index in [1.807, 2.05) is 66.8 Å². The highest BCUT2D eigenvalue weighted by Gasteiger charge is 2.02. The largest absolute Gasteiger partial charge is 0.255 e. The molecule has 130 valence electrons. The van der Waals surface area contributed by atoms with Crippen LogP contribution in [-0.4, -0.2) is 11.9 Å². The lowest BCUT2D eigenvalue weighted by Crippen LogP contribution is -2.07. The van der Waals surface area contributed by atoms with Crippen LogP contribution in [0.25, 0.3) is 13.2 Å². The predicted octanol–water partition coefficient (Wildman–Crippen LogP) is 4.28. The summed E-state index contributed by atoms with van der Waals surface area (Å²) >= 11 is 0. The Hall–Kier alpha value is -3.26. The molecule has 2 rings (SSSR count). The standard InChI is InChI=1S/C24H24N2/c1-18-8-6-7-9-20(3)16-23(15-12-18)24-17-25-21(4)13-10-19(2)11-14-22(5)26-24/h6-17,19H,1,3-5H2,2H3/b8-6?,9-7?,13-10-,14-11-,15-12?,23-16?,25-17?,26-24?. The van der Waals surface area contributed by atoms with Gasteiger partial charge in [0.15, 0.2) is 0 Å². The number of nitrogens with zero attached hydrogens (tertiary/aromatic N) is 2. The zero-order valence-corrected chi connectivity index (χ0v) is 15.2. The maximum absolute atomic E-state index is 4.64. The second-order valence-corrected chi connectivity index (χ2v) is 6.12. The quantitative estimate of drug-likeness (QED) is 0.729. The van der Waals surface area contributed by atoms with Gasteiger partial charge in [0.25, 0.3) is 0 Å². The van der Waals surface area contributed by atoms with Crippen molar-refractivity contribution in [2.75, 3.05) is 0 Å². The van der Waals surface area contributed by atoms with Crippen LogP contribution < -0.4 is 10.4 Å².